The zero-order valence-corrected chi connectivity index (χ0v) is 18.3. The van der Waals surface area contributed by atoms with E-state index >= 15 is 0 Å². The zero-order valence-electron chi connectivity index (χ0n) is 16.7. The van der Waals surface area contributed by atoms with E-state index in [0.717, 1.165) is 24.2 Å². The Morgan fingerprint density at radius 2 is 1.67 bits per heavy atom. The molecule has 0 aliphatic carbocycles. The second kappa shape index (κ2) is 8.81. The molecule has 4 rings (SSSR count). The first-order valence-electron chi connectivity index (χ1n) is 9.77. The van der Waals surface area contributed by atoms with Crippen LogP contribution >= 0.6 is 22.9 Å². The molecule has 30 heavy (non-hydrogen) atoms. The SMILES string of the molecule is CCN(CC)c1ccc(/C=c2/sc3nc(/C=C/c4ccc(Cl)cc4)nn3c2=O)cc1. The van der Waals surface area contributed by atoms with Gasteiger partial charge < -0.3 is 4.90 Å². The Morgan fingerprint density at radius 1 is 1.00 bits per heavy atom. The van der Waals surface area contributed by atoms with Crippen molar-refractivity contribution in [3.8, 4) is 0 Å². The summed E-state index contributed by atoms with van der Waals surface area (Å²) in [4.78, 5) is 20.0. The maximum atomic E-state index is 12.7. The summed E-state index contributed by atoms with van der Waals surface area (Å²) in [5.74, 6) is 0.503. The second-order valence-electron chi connectivity index (χ2n) is 6.73. The van der Waals surface area contributed by atoms with Crippen molar-refractivity contribution in [3.05, 3.63) is 85.4 Å². The topological polar surface area (TPSA) is 50.5 Å². The molecule has 0 radical (unpaired) electrons. The first-order chi connectivity index (χ1) is 14.6. The van der Waals surface area contributed by atoms with Crippen LogP contribution in [0.25, 0.3) is 23.2 Å². The van der Waals surface area contributed by atoms with Crippen molar-refractivity contribution in [2.45, 2.75) is 13.8 Å². The maximum Gasteiger partial charge on any atom is 0.291 e. The Morgan fingerprint density at radius 3 is 2.30 bits per heavy atom. The predicted octanol–water partition coefficient (Wildman–Crippen LogP) is 4.37. The van der Waals surface area contributed by atoms with E-state index in [1.807, 2.05) is 48.6 Å². The predicted molar refractivity (Wildman–Crippen MR) is 126 cm³/mol. The number of rotatable bonds is 6. The molecule has 152 valence electrons. The Hall–Kier alpha value is -2.96. The molecule has 0 saturated carbocycles. The van der Waals surface area contributed by atoms with Gasteiger partial charge in [0.25, 0.3) is 5.56 Å². The standard InChI is InChI=1S/C23H21ClN4OS/c1-3-27(4-2)19-12-7-17(8-13-19)15-20-22(29)28-23(30-20)25-21(26-28)14-9-16-5-10-18(24)11-6-16/h5-15H,3-4H2,1-2H3/b14-9+,20-15+. The summed E-state index contributed by atoms with van der Waals surface area (Å²) in [6.45, 7) is 6.21. The van der Waals surface area contributed by atoms with Crippen LogP contribution in [0.15, 0.2) is 53.3 Å². The van der Waals surface area contributed by atoms with Crippen LogP contribution in [0.1, 0.15) is 30.8 Å². The molecule has 0 aliphatic rings. The molecule has 0 bridgehead atoms. The molecule has 4 aromatic rings. The molecule has 0 aliphatic heterocycles. The third kappa shape index (κ3) is 4.30. The lowest BCUT2D eigenvalue weighted by Crippen LogP contribution is -2.23. The highest BCUT2D eigenvalue weighted by Gasteiger charge is 2.09. The van der Waals surface area contributed by atoms with Crippen LogP contribution in [0.3, 0.4) is 0 Å². The molecule has 7 heteroatoms. The molecular formula is C23H21ClN4OS. The molecule has 0 atom stereocenters. The molecule has 5 nitrogen and oxygen atoms in total. The minimum Gasteiger partial charge on any atom is -0.372 e. The molecule has 0 amide bonds. The lowest BCUT2D eigenvalue weighted by atomic mass is 10.2. The number of fused-ring (bicyclic) bond motifs is 1. The van der Waals surface area contributed by atoms with E-state index in [2.05, 4.69) is 41.0 Å². The molecule has 0 spiro atoms. The van der Waals surface area contributed by atoms with Crippen LogP contribution in [0, 0.1) is 0 Å². The van der Waals surface area contributed by atoms with Crippen molar-refractivity contribution in [2.24, 2.45) is 0 Å². The number of hydrogen-bond donors (Lipinski definition) is 0. The van der Waals surface area contributed by atoms with Gasteiger partial charge in [-0.1, -0.05) is 53.3 Å². The monoisotopic (exact) mass is 436 g/mol. The van der Waals surface area contributed by atoms with Gasteiger partial charge in [-0.05, 0) is 61.4 Å². The number of anilines is 1. The van der Waals surface area contributed by atoms with Crippen LogP contribution in [0.5, 0.6) is 0 Å². The molecule has 2 aromatic carbocycles. The van der Waals surface area contributed by atoms with E-state index in [1.54, 1.807) is 6.08 Å². The van der Waals surface area contributed by atoms with E-state index in [9.17, 15) is 4.79 Å². The van der Waals surface area contributed by atoms with Crippen LogP contribution in [-0.2, 0) is 0 Å². The Kier molecular flexibility index (Phi) is 5.97. The average Bonchev–Trinajstić information content (AvgIpc) is 3.28. The highest BCUT2D eigenvalue weighted by Crippen LogP contribution is 2.16. The van der Waals surface area contributed by atoms with E-state index in [0.29, 0.717) is 20.3 Å². The van der Waals surface area contributed by atoms with Gasteiger partial charge in [-0.25, -0.2) is 0 Å². The summed E-state index contributed by atoms with van der Waals surface area (Å²) in [6.07, 6.45) is 5.57. The Bertz CT molecular complexity index is 1290. The summed E-state index contributed by atoms with van der Waals surface area (Å²) in [5, 5.41) is 5.02. The van der Waals surface area contributed by atoms with E-state index in [-0.39, 0.29) is 5.56 Å². The summed E-state index contributed by atoms with van der Waals surface area (Å²) < 4.78 is 1.98. The van der Waals surface area contributed by atoms with Gasteiger partial charge >= 0.3 is 0 Å². The van der Waals surface area contributed by atoms with Crippen LogP contribution in [-0.4, -0.2) is 27.7 Å². The number of aromatic nitrogens is 3. The second-order valence-corrected chi connectivity index (χ2v) is 8.17. The number of halogens is 1. The first-order valence-corrected chi connectivity index (χ1v) is 11.0. The molecule has 0 saturated heterocycles. The van der Waals surface area contributed by atoms with E-state index in [4.69, 9.17) is 11.6 Å². The van der Waals surface area contributed by atoms with E-state index in [1.165, 1.54) is 21.5 Å². The van der Waals surface area contributed by atoms with Gasteiger partial charge in [0, 0.05) is 23.8 Å². The van der Waals surface area contributed by atoms with Crippen molar-refractivity contribution in [3.63, 3.8) is 0 Å². The Labute approximate surface area is 183 Å². The minimum atomic E-state index is -0.151. The van der Waals surface area contributed by atoms with Crippen molar-refractivity contribution in [1.82, 2.24) is 14.6 Å². The fourth-order valence-corrected chi connectivity index (χ4v) is 4.23. The van der Waals surface area contributed by atoms with Crippen molar-refractivity contribution in [1.29, 1.82) is 0 Å². The van der Waals surface area contributed by atoms with Crippen LogP contribution in [0.2, 0.25) is 5.02 Å². The lowest BCUT2D eigenvalue weighted by molar-refractivity contribution is 0.866. The fourth-order valence-electron chi connectivity index (χ4n) is 3.19. The summed E-state index contributed by atoms with van der Waals surface area (Å²) >= 11 is 7.24. The molecule has 2 aromatic heterocycles. The number of benzene rings is 2. The van der Waals surface area contributed by atoms with Gasteiger partial charge in [-0.15, -0.1) is 5.10 Å². The summed E-state index contributed by atoms with van der Waals surface area (Å²) in [6, 6.07) is 15.7. The summed E-state index contributed by atoms with van der Waals surface area (Å²) in [5.41, 5.74) is 3.00. The van der Waals surface area contributed by atoms with Crippen molar-refractivity contribution in [2.75, 3.05) is 18.0 Å². The first kappa shape index (κ1) is 20.3. The Balaban J connectivity index is 1.59. The average molecular weight is 437 g/mol. The smallest absolute Gasteiger partial charge is 0.291 e. The number of thiazole rings is 1. The fraction of sp³-hybridized carbons (Fsp3) is 0.174. The molecule has 0 unspecified atom stereocenters. The summed E-state index contributed by atoms with van der Waals surface area (Å²) in [7, 11) is 0. The van der Waals surface area contributed by atoms with E-state index < -0.39 is 0 Å². The van der Waals surface area contributed by atoms with Gasteiger partial charge in [0.05, 0.1) is 4.53 Å². The highest BCUT2D eigenvalue weighted by atomic mass is 35.5. The quantitative estimate of drug-likeness (QED) is 0.450. The lowest BCUT2D eigenvalue weighted by Gasteiger charge is -2.20. The van der Waals surface area contributed by atoms with Gasteiger partial charge in [-0.3, -0.25) is 4.79 Å². The normalized spacial score (nSPS) is 12.3. The largest absolute Gasteiger partial charge is 0.372 e. The maximum absolute atomic E-state index is 12.7. The zero-order chi connectivity index (χ0) is 21.1. The van der Waals surface area contributed by atoms with Crippen LogP contribution < -0.4 is 15.0 Å². The van der Waals surface area contributed by atoms with Gasteiger partial charge in [0.15, 0.2) is 5.82 Å². The number of hydrogen-bond acceptors (Lipinski definition) is 5. The molecule has 0 fully saturated rings. The van der Waals surface area contributed by atoms with Gasteiger partial charge in [0.1, 0.15) is 0 Å². The minimum absolute atomic E-state index is 0.151. The number of nitrogens with zero attached hydrogens (tertiary/aromatic N) is 4. The molecular weight excluding hydrogens is 416 g/mol. The van der Waals surface area contributed by atoms with Gasteiger partial charge in [0.2, 0.25) is 4.96 Å². The van der Waals surface area contributed by atoms with Gasteiger partial charge in [-0.2, -0.15) is 9.50 Å². The van der Waals surface area contributed by atoms with Crippen LogP contribution in [0.4, 0.5) is 5.69 Å². The van der Waals surface area contributed by atoms with Crippen molar-refractivity contribution >= 4 is 51.8 Å². The highest BCUT2D eigenvalue weighted by molar-refractivity contribution is 7.15. The third-order valence-electron chi connectivity index (χ3n) is 4.81. The third-order valence-corrected chi connectivity index (χ3v) is 6.02. The van der Waals surface area contributed by atoms with Crippen molar-refractivity contribution < 1.29 is 0 Å². The molecule has 2 heterocycles. The molecule has 0 N–H and O–H groups in total.